The summed E-state index contributed by atoms with van der Waals surface area (Å²) in [5.74, 6) is 0.195. The number of thioether (sulfide) groups is 1. The van der Waals surface area contributed by atoms with Gasteiger partial charge in [0.1, 0.15) is 0 Å². The molecule has 1 amide bonds. The van der Waals surface area contributed by atoms with E-state index in [1.165, 1.54) is 11.8 Å². The number of rotatable bonds is 10. The second-order valence-electron chi connectivity index (χ2n) is 7.85. The average molecular weight is 523 g/mol. The van der Waals surface area contributed by atoms with Crippen LogP contribution in [0.5, 0.6) is 0 Å². The Bertz CT molecular complexity index is 1310. The minimum atomic E-state index is -0.0595. The van der Waals surface area contributed by atoms with Crippen molar-refractivity contribution in [3.8, 4) is 22.5 Å². The minimum Gasteiger partial charge on any atom is -0.355 e. The van der Waals surface area contributed by atoms with Crippen molar-refractivity contribution in [2.75, 3.05) is 12.3 Å². The van der Waals surface area contributed by atoms with Crippen LogP contribution in [0.2, 0.25) is 10.0 Å². The number of nitrogens with zero attached hydrogens (tertiary/aromatic N) is 2. The Labute approximate surface area is 220 Å². The Morgan fingerprint density at radius 1 is 1.00 bits per heavy atom. The maximum absolute atomic E-state index is 12.6. The topological polar surface area (TPSA) is 46.9 Å². The van der Waals surface area contributed by atoms with Crippen molar-refractivity contribution >= 4 is 40.9 Å². The van der Waals surface area contributed by atoms with Gasteiger partial charge in [0.15, 0.2) is 5.16 Å². The molecule has 4 rings (SSSR count). The van der Waals surface area contributed by atoms with Crippen LogP contribution in [0.25, 0.3) is 22.5 Å². The van der Waals surface area contributed by atoms with E-state index in [4.69, 9.17) is 28.2 Å². The number of halogens is 2. The summed E-state index contributed by atoms with van der Waals surface area (Å²) in [6.45, 7) is 5.01. The van der Waals surface area contributed by atoms with Gasteiger partial charge in [-0.2, -0.15) is 0 Å². The molecule has 178 valence electrons. The van der Waals surface area contributed by atoms with Crippen molar-refractivity contribution in [2.45, 2.75) is 18.1 Å². The van der Waals surface area contributed by atoms with Crippen molar-refractivity contribution < 1.29 is 4.79 Å². The highest BCUT2D eigenvalue weighted by molar-refractivity contribution is 7.99. The summed E-state index contributed by atoms with van der Waals surface area (Å²) >= 11 is 13.6. The lowest BCUT2D eigenvalue weighted by molar-refractivity contribution is -0.118. The third-order valence-electron chi connectivity index (χ3n) is 5.40. The number of amides is 1. The molecule has 0 unspecified atom stereocenters. The Balaban J connectivity index is 1.51. The van der Waals surface area contributed by atoms with E-state index in [-0.39, 0.29) is 11.7 Å². The SMILES string of the molecule is C=CCn1c(SCC(=O)NCCc2ccc(Cl)cc2Cl)nc(-c2ccccc2)c1-c1ccccc1. The summed E-state index contributed by atoms with van der Waals surface area (Å²) in [4.78, 5) is 17.6. The van der Waals surface area contributed by atoms with E-state index in [0.29, 0.717) is 29.6 Å². The highest BCUT2D eigenvalue weighted by Gasteiger charge is 2.20. The molecule has 0 fully saturated rings. The molecule has 0 aliphatic rings. The van der Waals surface area contributed by atoms with Crippen LogP contribution in [-0.2, 0) is 17.8 Å². The second kappa shape index (κ2) is 12.1. The van der Waals surface area contributed by atoms with E-state index in [9.17, 15) is 4.79 Å². The van der Waals surface area contributed by atoms with Crippen LogP contribution < -0.4 is 5.32 Å². The number of carbonyl (C=O) groups excluding carboxylic acids is 1. The molecule has 0 saturated heterocycles. The number of hydrogen-bond donors (Lipinski definition) is 1. The predicted octanol–water partition coefficient (Wildman–Crippen LogP) is 7.16. The lowest BCUT2D eigenvalue weighted by Gasteiger charge is -2.11. The van der Waals surface area contributed by atoms with Crippen molar-refractivity contribution in [1.29, 1.82) is 0 Å². The zero-order chi connectivity index (χ0) is 24.6. The number of allylic oxidation sites excluding steroid dienone is 1. The highest BCUT2D eigenvalue weighted by Crippen LogP contribution is 2.36. The Morgan fingerprint density at radius 2 is 1.69 bits per heavy atom. The molecule has 0 atom stereocenters. The molecule has 4 aromatic rings. The first-order valence-electron chi connectivity index (χ1n) is 11.2. The Morgan fingerprint density at radius 3 is 2.34 bits per heavy atom. The van der Waals surface area contributed by atoms with Crippen molar-refractivity contribution in [3.63, 3.8) is 0 Å². The van der Waals surface area contributed by atoms with Gasteiger partial charge >= 0.3 is 0 Å². The van der Waals surface area contributed by atoms with E-state index in [0.717, 1.165) is 33.2 Å². The molecule has 0 aliphatic heterocycles. The predicted molar refractivity (Wildman–Crippen MR) is 147 cm³/mol. The number of nitrogens with one attached hydrogen (secondary N) is 1. The lowest BCUT2D eigenvalue weighted by atomic mass is 10.0. The fraction of sp³-hybridized carbons (Fsp3) is 0.143. The largest absolute Gasteiger partial charge is 0.355 e. The van der Waals surface area contributed by atoms with Gasteiger partial charge in [0, 0.05) is 34.3 Å². The number of imidazole rings is 1. The van der Waals surface area contributed by atoms with Gasteiger partial charge in [-0.3, -0.25) is 4.79 Å². The Hall–Kier alpha value is -2.99. The number of carbonyl (C=O) groups is 1. The van der Waals surface area contributed by atoms with Gasteiger partial charge in [0.05, 0.1) is 17.1 Å². The maximum Gasteiger partial charge on any atom is 0.230 e. The van der Waals surface area contributed by atoms with Crippen molar-refractivity contribution in [2.24, 2.45) is 0 Å². The monoisotopic (exact) mass is 521 g/mol. The van der Waals surface area contributed by atoms with E-state index < -0.39 is 0 Å². The summed E-state index contributed by atoms with van der Waals surface area (Å²) in [6, 6.07) is 25.7. The van der Waals surface area contributed by atoms with E-state index in [1.807, 2.05) is 48.5 Å². The summed E-state index contributed by atoms with van der Waals surface area (Å²) in [6.07, 6.45) is 2.48. The third kappa shape index (κ3) is 6.37. The fourth-order valence-corrected chi connectivity index (χ4v) is 5.11. The molecule has 35 heavy (non-hydrogen) atoms. The number of aromatic nitrogens is 2. The summed E-state index contributed by atoms with van der Waals surface area (Å²) < 4.78 is 2.12. The zero-order valence-electron chi connectivity index (χ0n) is 19.1. The van der Waals surface area contributed by atoms with Gasteiger partial charge in [-0.1, -0.05) is 108 Å². The fourth-order valence-electron chi connectivity index (χ4n) is 3.77. The highest BCUT2D eigenvalue weighted by atomic mass is 35.5. The molecular weight excluding hydrogens is 497 g/mol. The average Bonchev–Trinajstić information content (AvgIpc) is 3.23. The van der Waals surface area contributed by atoms with Gasteiger partial charge in [-0.15, -0.1) is 6.58 Å². The molecule has 1 N–H and O–H groups in total. The van der Waals surface area contributed by atoms with Crippen molar-refractivity contribution in [1.82, 2.24) is 14.9 Å². The Kier molecular flexibility index (Phi) is 8.69. The summed E-state index contributed by atoms with van der Waals surface area (Å²) in [5, 5.41) is 4.95. The molecule has 7 heteroatoms. The molecule has 1 heterocycles. The normalized spacial score (nSPS) is 10.8. The van der Waals surface area contributed by atoms with Gasteiger partial charge in [0.2, 0.25) is 5.91 Å². The van der Waals surface area contributed by atoms with E-state index in [2.05, 4.69) is 40.7 Å². The molecule has 0 radical (unpaired) electrons. The molecule has 1 aromatic heterocycles. The van der Waals surface area contributed by atoms with Crippen LogP contribution in [0, 0.1) is 0 Å². The molecule has 0 bridgehead atoms. The number of benzene rings is 3. The van der Waals surface area contributed by atoms with Crippen LogP contribution in [0.3, 0.4) is 0 Å². The van der Waals surface area contributed by atoms with Crippen LogP contribution in [0.4, 0.5) is 0 Å². The third-order valence-corrected chi connectivity index (χ3v) is 6.97. The first-order valence-corrected chi connectivity index (χ1v) is 13.0. The van der Waals surface area contributed by atoms with Gasteiger partial charge in [-0.25, -0.2) is 4.98 Å². The van der Waals surface area contributed by atoms with Crippen LogP contribution in [0.1, 0.15) is 5.56 Å². The summed E-state index contributed by atoms with van der Waals surface area (Å²) in [7, 11) is 0. The standard InChI is InChI=1S/C28H25Cl2N3OS/c1-2-17-33-27(22-11-7-4-8-12-22)26(21-9-5-3-6-10-21)32-28(33)35-19-25(34)31-16-15-20-13-14-23(29)18-24(20)30/h2-14,18H,1,15-17,19H2,(H,31,34). The van der Waals surface area contributed by atoms with E-state index in [1.54, 1.807) is 12.1 Å². The second-order valence-corrected chi connectivity index (χ2v) is 9.63. The molecule has 3 aromatic carbocycles. The molecule has 0 spiro atoms. The van der Waals surface area contributed by atoms with Crippen LogP contribution in [0.15, 0.2) is 96.7 Å². The first kappa shape index (κ1) is 25.1. The number of hydrogen-bond acceptors (Lipinski definition) is 3. The summed E-state index contributed by atoms with van der Waals surface area (Å²) in [5.41, 5.74) is 4.94. The van der Waals surface area contributed by atoms with E-state index >= 15 is 0 Å². The van der Waals surface area contributed by atoms with Gasteiger partial charge in [0.25, 0.3) is 0 Å². The van der Waals surface area contributed by atoms with Crippen molar-refractivity contribution in [3.05, 3.63) is 107 Å². The lowest BCUT2D eigenvalue weighted by Crippen LogP contribution is -2.27. The van der Waals surface area contributed by atoms with Crippen LogP contribution in [-0.4, -0.2) is 27.8 Å². The maximum atomic E-state index is 12.6. The molecular formula is C28H25Cl2N3OS. The zero-order valence-corrected chi connectivity index (χ0v) is 21.4. The smallest absolute Gasteiger partial charge is 0.230 e. The first-order chi connectivity index (χ1) is 17.1. The van der Waals surface area contributed by atoms with Crippen LogP contribution >= 0.6 is 35.0 Å². The minimum absolute atomic E-state index is 0.0595. The quantitative estimate of drug-likeness (QED) is 0.178. The van der Waals surface area contributed by atoms with Gasteiger partial charge < -0.3 is 9.88 Å². The van der Waals surface area contributed by atoms with Gasteiger partial charge in [-0.05, 0) is 24.1 Å². The molecule has 0 aliphatic carbocycles. The molecule has 0 saturated carbocycles. The molecule has 4 nitrogen and oxygen atoms in total.